The number of aromatic nitrogens is 1. The van der Waals surface area contributed by atoms with Crippen molar-refractivity contribution in [3.05, 3.63) is 81.9 Å². The molecule has 2 aromatic carbocycles. The van der Waals surface area contributed by atoms with Crippen LogP contribution in [0.5, 0.6) is 17.2 Å². The van der Waals surface area contributed by atoms with Crippen LogP contribution in [0.2, 0.25) is 5.02 Å². The van der Waals surface area contributed by atoms with Crippen molar-refractivity contribution in [2.24, 2.45) is 0 Å². The fourth-order valence-corrected chi connectivity index (χ4v) is 5.04. The second-order valence-corrected chi connectivity index (χ2v) is 9.42. The van der Waals surface area contributed by atoms with E-state index in [1.807, 2.05) is 12.1 Å². The first-order chi connectivity index (χ1) is 16.9. The third-order valence-corrected chi connectivity index (χ3v) is 6.95. The van der Waals surface area contributed by atoms with Gasteiger partial charge in [-0.3, -0.25) is 9.88 Å². The summed E-state index contributed by atoms with van der Waals surface area (Å²) in [5, 5.41) is 9.42. The number of methoxy groups -OCH3 is 1. The number of nitriles is 1. The molecule has 0 aliphatic carbocycles. The summed E-state index contributed by atoms with van der Waals surface area (Å²) in [6, 6.07) is 14.2. The molecule has 1 fully saturated rings. The first-order valence-corrected chi connectivity index (χ1v) is 11.9. The molecule has 35 heavy (non-hydrogen) atoms. The largest absolute Gasteiger partial charge is 0.495 e. The summed E-state index contributed by atoms with van der Waals surface area (Å²) in [6.07, 6.45) is 3.45. The van der Waals surface area contributed by atoms with Crippen LogP contribution >= 0.6 is 11.6 Å². The maximum atomic E-state index is 14.7. The maximum Gasteiger partial charge on any atom is 0.278 e. The predicted octanol–water partition coefficient (Wildman–Crippen LogP) is 5.78. The molecule has 3 aromatic rings. The van der Waals surface area contributed by atoms with Gasteiger partial charge in [0.15, 0.2) is 11.5 Å². The first-order valence-electron chi connectivity index (χ1n) is 11.5. The summed E-state index contributed by atoms with van der Waals surface area (Å²) in [6.45, 7) is 4.14. The van der Waals surface area contributed by atoms with Gasteiger partial charge >= 0.3 is 0 Å². The molecule has 1 saturated heterocycles. The highest BCUT2D eigenvalue weighted by Gasteiger charge is 2.42. The lowest BCUT2D eigenvalue weighted by Gasteiger charge is -2.32. The molecule has 1 aromatic heterocycles. The molecule has 0 radical (unpaired) electrons. The SMILES string of the molecule is COc1cc(C#N)cnc1CN1CCC(c2cccc3c2OC(C)(c2ccc(Cl)cc2F)O3)CC1. The fourth-order valence-electron chi connectivity index (χ4n) is 4.88. The van der Waals surface area contributed by atoms with Gasteiger partial charge in [-0.05, 0) is 56.1 Å². The monoisotopic (exact) mass is 493 g/mol. The van der Waals surface area contributed by atoms with Crippen LogP contribution in [0.15, 0.2) is 48.7 Å². The minimum Gasteiger partial charge on any atom is -0.495 e. The van der Waals surface area contributed by atoms with Crippen molar-refractivity contribution >= 4 is 11.6 Å². The van der Waals surface area contributed by atoms with Gasteiger partial charge in [0.25, 0.3) is 5.79 Å². The van der Waals surface area contributed by atoms with Crippen molar-refractivity contribution in [3.8, 4) is 23.3 Å². The lowest BCUT2D eigenvalue weighted by Crippen LogP contribution is -2.34. The molecule has 2 aliphatic heterocycles. The summed E-state index contributed by atoms with van der Waals surface area (Å²) >= 11 is 5.93. The lowest BCUT2D eigenvalue weighted by molar-refractivity contribution is -0.0712. The number of piperidine rings is 1. The van der Waals surface area contributed by atoms with Gasteiger partial charge in [-0.1, -0.05) is 23.7 Å². The van der Waals surface area contributed by atoms with Crippen molar-refractivity contribution in [2.75, 3.05) is 20.2 Å². The molecule has 180 valence electrons. The van der Waals surface area contributed by atoms with Crippen LogP contribution in [0, 0.1) is 17.1 Å². The number of pyridine rings is 1. The maximum absolute atomic E-state index is 14.7. The Hall–Kier alpha value is -3.34. The molecule has 1 atom stereocenters. The van der Waals surface area contributed by atoms with Gasteiger partial charge in [0.2, 0.25) is 0 Å². The molecular weight excluding hydrogens is 469 g/mol. The number of nitrogens with zero attached hydrogens (tertiary/aromatic N) is 3. The molecule has 2 aliphatic rings. The van der Waals surface area contributed by atoms with E-state index >= 15 is 0 Å². The van der Waals surface area contributed by atoms with Crippen LogP contribution in [0.1, 0.15) is 48.1 Å². The number of ether oxygens (including phenoxy) is 3. The smallest absolute Gasteiger partial charge is 0.278 e. The second-order valence-electron chi connectivity index (χ2n) is 8.98. The number of likely N-dealkylation sites (tertiary alicyclic amines) is 1. The Morgan fingerprint density at radius 1 is 1.23 bits per heavy atom. The van der Waals surface area contributed by atoms with Gasteiger partial charge in [-0.25, -0.2) is 4.39 Å². The highest BCUT2D eigenvalue weighted by molar-refractivity contribution is 6.30. The highest BCUT2D eigenvalue weighted by atomic mass is 35.5. The Balaban J connectivity index is 1.30. The molecule has 0 spiro atoms. The Morgan fingerprint density at radius 2 is 2.03 bits per heavy atom. The molecule has 0 amide bonds. The zero-order valence-corrected chi connectivity index (χ0v) is 20.3. The van der Waals surface area contributed by atoms with Gasteiger partial charge in [-0.2, -0.15) is 5.26 Å². The molecule has 5 rings (SSSR count). The number of hydrogen-bond donors (Lipinski definition) is 0. The quantitative estimate of drug-likeness (QED) is 0.449. The van der Waals surface area contributed by atoms with Crippen LogP contribution in [0.3, 0.4) is 0 Å². The third kappa shape index (κ3) is 4.52. The summed E-state index contributed by atoms with van der Waals surface area (Å²) in [5.74, 6) is 0.497. The Bertz CT molecular complexity index is 1300. The van der Waals surface area contributed by atoms with E-state index in [1.54, 1.807) is 38.4 Å². The highest BCUT2D eigenvalue weighted by Crippen LogP contribution is 2.49. The van der Waals surface area contributed by atoms with E-state index < -0.39 is 11.6 Å². The minimum atomic E-state index is -1.26. The molecule has 8 heteroatoms. The fraction of sp³-hybridized carbons (Fsp3) is 0.333. The van der Waals surface area contributed by atoms with Crippen molar-refractivity contribution in [1.29, 1.82) is 5.26 Å². The molecule has 6 nitrogen and oxygen atoms in total. The third-order valence-electron chi connectivity index (χ3n) is 6.71. The zero-order valence-electron chi connectivity index (χ0n) is 19.6. The molecule has 0 N–H and O–H groups in total. The van der Waals surface area contributed by atoms with Gasteiger partial charge in [0.05, 0.1) is 23.9 Å². The number of benzene rings is 2. The molecule has 1 unspecified atom stereocenters. The van der Waals surface area contributed by atoms with Gasteiger partial charge < -0.3 is 14.2 Å². The van der Waals surface area contributed by atoms with E-state index in [9.17, 15) is 4.39 Å². The summed E-state index contributed by atoms with van der Waals surface area (Å²) < 4.78 is 32.5. The summed E-state index contributed by atoms with van der Waals surface area (Å²) in [7, 11) is 1.59. The predicted molar refractivity (Wildman–Crippen MR) is 129 cm³/mol. The van der Waals surface area contributed by atoms with Crippen molar-refractivity contribution in [2.45, 2.75) is 38.0 Å². The van der Waals surface area contributed by atoms with E-state index in [-0.39, 0.29) is 5.92 Å². The van der Waals surface area contributed by atoms with Gasteiger partial charge in [0, 0.05) is 36.3 Å². The normalized spacial score (nSPS) is 20.0. The van der Waals surface area contributed by atoms with Crippen LogP contribution in [0.25, 0.3) is 0 Å². The van der Waals surface area contributed by atoms with E-state index in [2.05, 4.69) is 22.0 Å². The molecule has 0 bridgehead atoms. The van der Waals surface area contributed by atoms with Crippen LogP contribution in [-0.4, -0.2) is 30.1 Å². The second kappa shape index (κ2) is 9.37. The number of para-hydroxylation sites is 1. The average Bonchev–Trinajstić information content (AvgIpc) is 3.21. The van der Waals surface area contributed by atoms with E-state index in [0.29, 0.717) is 39.9 Å². The summed E-state index contributed by atoms with van der Waals surface area (Å²) in [4.78, 5) is 6.77. The Labute approximate surface area is 208 Å². The van der Waals surface area contributed by atoms with Crippen LogP contribution in [-0.2, 0) is 12.3 Å². The van der Waals surface area contributed by atoms with Gasteiger partial charge in [0.1, 0.15) is 17.6 Å². The van der Waals surface area contributed by atoms with Crippen molar-refractivity contribution < 1.29 is 18.6 Å². The van der Waals surface area contributed by atoms with Gasteiger partial charge in [-0.15, -0.1) is 0 Å². The Kier molecular flexibility index (Phi) is 6.26. The van der Waals surface area contributed by atoms with E-state index in [4.69, 9.17) is 31.1 Å². The van der Waals surface area contributed by atoms with Crippen LogP contribution < -0.4 is 14.2 Å². The topological polar surface area (TPSA) is 67.6 Å². The molecular formula is C27H25ClFN3O3. The first kappa shape index (κ1) is 23.4. The number of hydrogen-bond acceptors (Lipinski definition) is 6. The van der Waals surface area contributed by atoms with Crippen molar-refractivity contribution in [1.82, 2.24) is 9.88 Å². The Morgan fingerprint density at radius 3 is 2.74 bits per heavy atom. The standard InChI is InChI=1S/C27H25ClFN3O3/c1-27(21-7-6-19(28)13-22(21)29)34-24-5-3-4-20(26(24)35-27)18-8-10-32(11-9-18)16-23-25(33-2)12-17(14-30)15-31-23/h3-7,12-13,15,18H,8-11,16H2,1-2H3. The minimum absolute atomic E-state index is 0.290. The van der Waals surface area contributed by atoms with Crippen LogP contribution in [0.4, 0.5) is 4.39 Å². The van der Waals surface area contributed by atoms with Crippen molar-refractivity contribution in [3.63, 3.8) is 0 Å². The van der Waals surface area contributed by atoms with E-state index in [0.717, 1.165) is 37.2 Å². The van der Waals surface area contributed by atoms with E-state index in [1.165, 1.54) is 6.07 Å². The number of halogens is 2. The summed E-state index contributed by atoms with van der Waals surface area (Å²) in [5.41, 5.74) is 2.69. The number of fused-ring (bicyclic) bond motifs is 1. The lowest BCUT2D eigenvalue weighted by atomic mass is 9.88. The zero-order chi connectivity index (χ0) is 24.6. The molecule has 3 heterocycles. The number of rotatable bonds is 5. The average molecular weight is 494 g/mol. The molecule has 0 saturated carbocycles.